The van der Waals surface area contributed by atoms with Gasteiger partial charge in [-0.25, -0.2) is 9.59 Å². The van der Waals surface area contributed by atoms with Gasteiger partial charge in [0.2, 0.25) is 0 Å². The number of ketones is 2. The van der Waals surface area contributed by atoms with Crippen LogP contribution in [0.2, 0.25) is 0 Å². The van der Waals surface area contributed by atoms with Gasteiger partial charge in [0.05, 0.1) is 24.5 Å². The molecular weight excluding hydrogens is 805 g/mol. The van der Waals surface area contributed by atoms with Gasteiger partial charge in [-0.2, -0.15) is 0 Å². The van der Waals surface area contributed by atoms with Crippen molar-refractivity contribution in [2.45, 2.75) is 52.0 Å². The minimum Gasteiger partial charge on any atom is -0.487 e. The first-order valence-corrected chi connectivity index (χ1v) is 21.5. The summed E-state index contributed by atoms with van der Waals surface area (Å²) in [5.41, 5.74) is 16.6. The van der Waals surface area contributed by atoms with Crippen LogP contribution in [0.1, 0.15) is 68.7 Å². The lowest BCUT2D eigenvalue weighted by molar-refractivity contribution is 0.0913. The summed E-state index contributed by atoms with van der Waals surface area (Å²) in [6.07, 6.45) is 3.60. The number of nitrogens with zero attached hydrogens (tertiary/aromatic N) is 2. The third-order valence-electron chi connectivity index (χ3n) is 10.5. The van der Waals surface area contributed by atoms with Gasteiger partial charge in [0.25, 0.3) is 0 Å². The number of unbranched alkanes of at least 4 members (excludes halogenated alkanes) is 3. The number of primary amides is 2. The Hall–Kier alpha value is -7.28. The van der Waals surface area contributed by atoms with Crippen molar-refractivity contribution in [3.8, 4) is 11.5 Å². The van der Waals surface area contributed by atoms with Gasteiger partial charge in [-0.05, 0) is 84.6 Å². The molecule has 0 aliphatic rings. The van der Waals surface area contributed by atoms with Crippen LogP contribution in [0, 0.1) is 0 Å². The van der Waals surface area contributed by atoms with E-state index in [9.17, 15) is 19.2 Å². The Balaban J connectivity index is 1.05. The zero-order valence-corrected chi connectivity index (χ0v) is 36.0. The molecule has 64 heavy (non-hydrogen) atoms. The SMILES string of the molecule is NC(=O)Nc1cc(C(=O)CN(CCCCCCN(CC(=O)c2ccc(OCc3ccccc3)c(NC(N)=O)c2)Cc2ccccc2)Cc2ccccc2)ccc1OCc1ccccc1. The fourth-order valence-electron chi connectivity index (χ4n) is 7.31. The first-order chi connectivity index (χ1) is 31.2. The fourth-order valence-corrected chi connectivity index (χ4v) is 7.31. The Morgan fingerprint density at radius 1 is 0.438 bits per heavy atom. The second-order valence-corrected chi connectivity index (χ2v) is 15.6. The molecule has 6 N–H and O–H groups in total. The molecule has 0 unspecified atom stereocenters. The van der Waals surface area contributed by atoms with E-state index in [1.165, 1.54) is 0 Å². The van der Waals surface area contributed by atoms with E-state index in [1.807, 2.05) is 97.1 Å². The van der Waals surface area contributed by atoms with E-state index in [0.717, 1.165) is 47.9 Å². The Kier molecular flexibility index (Phi) is 17.6. The molecule has 0 bridgehead atoms. The number of ether oxygens (including phenoxy) is 2. The Morgan fingerprint density at radius 3 is 1.12 bits per heavy atom. The zero-order valence-electron chi connectivity index (χ0n) is 36.0. The quantitative estimate of drug-likeness (QED) is 0.0326. The van der Waals surface area contributed by atoms with E-state index in [-0.39, 0.29) is 37.9 Å². The van der Waals surface area contributed by atoms with Crippen molar-refractivity contribution >= 4 is 35.0 Å². The third kappa shape index (κ3) is 15.3. The topological polar surface area (TPSA) is 169 Å². The predicted molar refractivity (Wildman–Crippen MR) is 251 cm³/mol. The van der Waals surface area contributed by atoms with Crippen LogP contribution in [0.3, 0.4) is 0 Å². The summed E-state index contributed by atoms with van der Waals surface area (Å²) < 4.78 is 12.0. The van der Waals surface area contributed by atoms with Crippen molar-refractivity contribution in [1.29, 1.82) is 0 Å². The lowest BCUT2D eigenvalue weighted by Crippen LogP contribution is -2.31. The number of amides is 4. The van der Waals surface area contributed by atoms with Gasteiger partial charge in [-0.3, -0.25) is 19.4 Å². The van der Waals surface area contributed by atoms with E-state index in [1.54, 1.807) is 36.4 Å². The summed E-state index contributed by atoms with van der Waals surface area (Å²) in [5.74, 6) is 0.646. The van der Waals surface area contributed by atoms with Gasteiger partial charge in [0.1, 0.15) is 24.7 Å². The predicted octanol–water partition coefficient (Wildman–Crippen LogP) is 9.46. The smallest absolute Gasteiger partial charge is 0.316 e. The van der Waals surface area contributed by atoms with Crippen molar-refractivity contribution in [1.82, 2.24) is 9.80 Å². The van der Waals surface area contributed by atoms with E-state index in [4.69, 9.17) is 20.9 Å². The summed E-state index contributed by atoms with van der Waals surface area (Å²) in [4.78, 5) is 55.7. The Labute approximate surface area is 375 Å². The molecule has 12 nitrogen and oxygen atoms in total. The molecule has 0 atom stereocenters. The largest absolute Gasteiger partial charge is 0.487 e. The van der Waals surface area contributed by atoms with Gasteiger partial charge in [-0.15, -0.1) is 0 Å². The first kappa shape index (κ1) is 46.2. The monoisotopic (exact) mass is 860 g/mol. The maximum Gasteiger partial charge on any atom is 0.316 e. The van der Waals surface area contributed by atoms with Gasteiger partial charge in [0.15, 0.2) is 11.6 Å². The summed E-state index contributed by atoms with van der Waals surface area (Å²) in [6, 6.07) is 48.0. The van der Waals surface area contributed by atoms with Crippen molar-refractivity contribution in [2.24, 2.45) is 11.5 Å². The molecule has 0 aromatic heterocycles. The second-order valence-electron chi connectivity index (χ2n) is 15.6. The molecule has 6 aromatic carbocycles. The van der Waals surface area contributed by atoms with Crippen molar-refractivity contribution in [3.05, 3.63) is 191 Å². The second kappa shape index (κ2) is 24.4. The van der Waals surface area contributed by atoms with Crippen LogP contribution in [-0.4, -0.2) is 59.6 Å². The molecule has 0 aliphatic heterocycles. The van der Waals surface area contributed by atoms with Crippen molar-refractivity contribution in [3.63, 3.8) is 0 Å². The molecule has 330 valence electrons. The number of nitrogens with two attached hydrogens (primary N) is 2. The molecule has 6 aromatic rings. The molecule has 12 heteroatoms. The number of anilines is 2. The minimum absolute atomic E-state index is 0.0915. The highest BCUT2D eigenvalue weighted by atomic mass is 16.5. The number of benzene rings is 6. The number of carbonyl (C=O) groups is 4. The lowest BCUT2D eigenvalue weighted by Gasteiger charge is -2.23. The van der Waals surface area contributed by atoms with Gasteiger partial charge < -0.3 is 31.6 Å². The highest BCUT2D eigenvalue weighted by molar-refractivity contribution is 6.01. The maximum atomic E-state index is 13.8. The average Bonchev–Trinajstić information content (AvgIpc) is 3.30. The Bertz CT molecular complexity index is 2250. The number of hydrogen-bond donors (Lipinski definition) is 4. The number of carbonyl (C=O) groups excluding carboxylic acids is 4. The number of nitrogens with one attached hydrogen (secondary N) is 2. The normalized spacial score (nSPS) is 11.0. The molecule has 0 heterocycles. The molecule has 0 radical (unpaired) electrons. The standard InChI is InChI=1S/C52H56N6O6/c53-51(61)55-45-31-43(25-27-49(45)63-37-41-21-11-5-12-22-41)47(59)35-57(33-39-17-7-3-8-18-39)29-15-1-2-16-30-58(34-40-19-9-4-10-20-40)36-48(60)44-26-28-50(46(32-44)56-52(54)62)64-38-42-23-13-6-14-24-42/h3-14,17-28,31-32H,1-2,15-16,29-30,33-38H2,(H3,53,55,61)(H3,54,56,62). The zero-order chi connectivity index (χ0) is 44.9. The van der Waals surface area contributed by atoms with E-state index in [0.29, 0.717) is 60.2 Å². The van der Waals surface area contributed by atoms with Gasteiger partial charge >= 0.3 is 12.1 Å². The maximum absolute atomic E-state index is 13.8. The van der Waals surface area contributed by atoms with Crippen LogP contribution in [-0.2, 0) is 26.3 Å². The average molecular weight is 861 g/mol. The summed E-state index contributed by atoms with van der Waals surface area (Å²) in [7, 11) is 0. The van der Waals surface area contributed by atoms with Crippen LogP contribution in [0.4, 0.5) is 21.0 Å². The van der Waals surface area contributed by atoms with E-state index in [2.05, 4.69) is 44.7 Å². The van der Waals surface area contributed by atoms with E-state index < -0.39 is 12.1 Å². The molecule has 6 rings (SSSR count). The molecule has 0 spiro atoms. The van der Waals surface area contributed by atoms with Crippen LogP contribution >= 0.6 is 0 Å². The van der Waals surface area contributed by atoms with Gasteiger partial charge in [-0.1, -0.05) is 134 Å². The molecule has 0 fully saturated rings. The Morgan fingerprint density at radius 2 is 0.781 bits per heavy atom. The molecule has 0 saturated heterocycles. The van der Waals surface area contributed by atoms with Gasteiger partial charge in [0, 0.05) is 24.2 Å². The minimum atomic E-state index is -0.751. The molecule has 4 amide bonds. The molecular formula is C52H56N6O6. The summed E-state index contributed by atoms with van der Waals surface area (Å²) in [5, 5.41) is 5.23. The van der Waals surface area contributed by atoms with Crippen LogP contribution in [0.5, 0.6) is 11.5 Å². The van der Waals surface area contributed by atoms with E-state index >= 15 is 0 Å². The van der Waals surface area contributed by atoms with Crippen molar-refractivity contribution < 1.29 is 28.7 Å². The number of Topliss-reactive ketones (excluding diaryl/α,β-unsaturated/α-hetero) is 2. The highest BCUT2D eigenvalue weighted by Crippen LogP contribution is 2.29. The number of hydrogen-bond acceptors (Lipinski definition) is 8. The number of urea groups is 2. The third-order valence-corrected chi connectivity index (χ3v) is 10.5. The summed E-state index contributed by atoms with van der Waals surface area (Å²) in [6.45, 7) is 3.53. The highest BCUT2D eigenvalue weighted by Gasteiger charge is 2.19. The molecule has 0 aliphatic carbocycles. The van der Waals surface area contributed by atoms with Crippen LogP contribution in [0.25, 0.3) is 0 Å². The summed E-state index contributed by atoms with van der Waals surface area (Å²) >= 11 is 0. The van der Waals surface area contributed by atoms with Crippen molar-refractivity contribution in [2.75, 3.05) is 36.8 Å². The fraction of sp³-hybridized carbons (Fsp3) is 0.231. The molecule has 0 saturated carbocycles. The van der Waals surface area contributed by atoms with Crippen LogP contribution in [0.15, 0.2) is 158 Å². The first-order valence-electron chi connectivity index (χ1n) is 21.5. The van der Waals surface area contributed by atoms with Crippen LogP contribution < -0.4 is 31.6 Å². The lowest BCUT2D eigenvalue weighted by atomic mass is 10.1. The number of rotatable bonds is 25.